The summed E-state index contributed by atoms with van der Waals surface area (Å²) in [4.78, 5) is 27.4. The molecule has 0 bridgehead atoms. The van der Waals surface area contributed by atoms with Gasteiger partial charge in [0.2, 0.25) is 11.8 Å². The van der Waals surface area contributed by atoms with E-state index in [4.69, 9.17) is 0 Å². The third-order valence-electron chi connectivity index (χ3n) is 5.46. The van der Waals surface area contributed by atoms with E-state index in [1.54, 1.807) is 0 Å². The number of benzene rings is 2. The Balaban J connectivity index is 1.83. The highest BCUT2D eigenvalue weighted by Gasteiger charge is 2.36. The van der Waals surface area contributed by atoms with Gasteiger partial charge in [0, 0.05) is 24.3 Å². The molecule has 1 heterocycles. The summed E-state index contributed by atoms with van der Waals surface area (Å²) >= 11 is 0. The molecule has 142 valence electrons. The van der Waals surface area contributed by atoms with Crippen LogP contribution in [0.1, 0.15) is 42.5 Å². The van der Waals surface area contributed by atoms with Gasteiger partial charge < -0.3 is 10.2 Å². The molecule has 0 saturated carbocycles. The number of aryl methyl sites for hydroxylation is 4. The van der Waals surface area contributed by atoms with Gasteiger partial charge in [-0.2, -0.15) is 0 Å². The Morgan fingerprint density at radius 3 is 2.15 bits per heavy atom. The van der Waals surface area contributed by atoms with Gasteiger partial charge in [-0.3, -0.25) is 9.59 Å². The Labute approximate surface area is 161 Å². The fourth-order valence-electron chi connectivity index (χ4n) is 3.90. The van der Waals surface area contributed by atoms with Gasteiger partial charge in [-0.25, -0.2) is 0 Å². The molecule has 4 nitrogen and oxygen atoms in total. The van der Waals surface area contributed by atoms with Crippen molar-refractivity contribution in [2.75, 3.05) is 16.8 Å². The number of hydrogen-bond acceptors (Lipinski definition) is 2. The molecule has 3 rings (SSSR count). The molecule has 0 unspecified atom stereocenters. The van der Waals surface area contributed by atoms with Crippen molar-refractivity contribution in [1.29, 1.82) is 0 Å². The van der Waals surface area contributed by atoms with Crippen LogP contribution in [-0.2, 0) is 22.4 Å². The van der Waals surface area contributed by atoms with E-state index in [2.05, 4.69) is 31.3 Å². The molecule has 4 heteroatoms. The van der Waals surface area contributed by atoms with E-state index in [9.17, 15) is 9.59 Å². The van der Waals surface area contributed by atoms with Gasteiger partial charge in [-0.05, 0) is 48.9 Å². The number of hydrogen-bond donors (Lipinski definition) is 1. The summed E-state index contributed by atoms with van der Waals surface area (Å²) in [5.74, 6) is -0.367. The van der Waals surface area contributed by atoms with Crippen molar-refractivity contribution in [1.82, 2.24) is 0 Å². The molecular formula is C23H28N2O2. The lowest BCUT2D eigenvalue weighted by Crippen LogP contribution is -2.29. The maximum atomic E-state index is 12.9. The van der Waals surface area contributed by atoms with Crippen LogP contribution in [0.25, 0.3) is 0 Å². The second-order valence-electron chi connectivity index (χ2n) is 7.29. The van der Waals surface area contributed by atoms with Crippen molar-refractivity contribution in [3.63, 3.8) is 0 Å². The van der Waals surface area contributed by atoms with E-state index < -0.39 is 0 Å². The zero-order valence-corrected chi connectivity index (χ0v) is 16.6. The average molecular weight is 364 g/mol. The van der Waals surface area contributed by atoms with Crippen molar-refractivity contribution in [3.8, 4) is 0 Å². The van der Waals surface area contributed by atoms with Crippen molar-refractivity contribution >= 4 is 23.2 Å². The van der Waals surface area contributed by atoms with Crippen molar-refractivity contribution < 1.29 is 9.59 Å². The lowest BCUT2D eigenvalue weighted by Gasteiger charge is -2.23. The Morgan fingerprint density at radius 1 is 1.04 bits per heavy atom. The van der Waals surface area contributed by atoms with Crippen LogP contribution in [0.4, 0.5) is 11.4 Å². The predicted octanol–water partition coefficient (Wildman–Crippen LogP) is 4.42. The number of rotatable bonds is 5. The quantitative estimate of drug-likeness (QED) is 0.854. The van der Waals surface area contributed by atoms with E-state index in [-0.39, 0.29) is 24.2 Å². The molecule has 1 aliphatic heterocycles. The number of carbonyl (C=O) groups excluding carboxylic acids is 2. The Morgan fingerprint density at radius 2 is 1.59 bits per heavy atom. The van der Waals surface area contributed by atoms with Crippen LogP contribution in [0.3, 0.4) is 0 Å². The van der Waals surface area contributed by atoms with Crippen LogP contribution in [0.5, 0.6) is 0 Å². The summed E-state index contributed by atoms with van der Waals surface area (Å²) in [7, 11) is 0. The summed E-state index contributed by atoms with van der Waals surface area (Å²) < 4.78 is 0. The Kier molecular flexibility index (Phi) is 5.64. The molecule has 2 aromatic rings. The normalized spacial score (nSPS) is 16.7. The molecule has 1 saturated heterocycles. The minimum absolute atomic E-state index is 0.0345. The lowest BCUT2D eigenvalue weighted by molar-refractivity contribution is -0.122. The predicted molar refractivity (Wildman–Crippen MR) is 110 cm³/mol. The standard InChI is InChI=1S/C23H28N2O2/c1-5-17-11-8-12-18(6-2)22(17)25-14-19(13-20(25)26)23(27)24-21-15(3)9-7-10-16(21)4/h7-12,19H,5-6,13-14H2,1-4H3,(H,24,27)/t19-/m1/s1. The molecule has 0 radical (unpaired) electrons. The van der Waals surface area contributed by atoms with E-state index in [0.717, 1.165) is 35.3 Å². The molecule has 1 atom stereocenters. The molecule has 0 aliphatic carbocycles. The molecular weight excluding hydrogens is 336 g/mol. The number of nitrogens with one attached hydrogen (secondary N) is 1. The van der Waals surface area contributed by atoms with Crippen LogP contribution in [0.15, 0.2) is 36.4 Å². The summed E-state index contributed by atoms with van der Waals surface area (Å²) in [6.45, 7) is 8.62. The second kappa shape index (κ2) is 7.95. The first-order valence-corrected chi connectivity index (χ1v) is 9.74. The molecule has 2 amide bonds. The maximum absolute atomic E-state index is 12.9. The van der Waals surface area contributed by atoms with Gasteiger partial charge in [0.25, 0.3) is 0 Å². The van der Waals surface area contributed by atoms with Gasteiger partial charge in [-0.15, -0.1) is 0 Å². The van der Waals surface area contributed by atoms with Gasteiger partial charge >= 0.3 is 0 Å². The fourth-order valence-corrected chi connectivity index (χ4v) is 3.90. The number of carbonyl (C=O) groups is 2. The highest BCUT2D eigenvalue weighted by Crippen LogP contribution is 2.33. The second-order valence-corrected chi connectivity index (χ2v) is 7.29. The average Bonchev–Trinajstić information content (AvgIpc) is 3.05. The minimum Gasteiger partial charge on any atom is -0.325 e. The number of nitrogens with zero attached hydrogens (tertiary/aromatic N) is 1. The summed E-state index contributed by atoms with van der Waals surface area (Å²) in [5, 5.41) is 3.05. The van der Waals surface area contributed by atoms with Crippen LogP contribution in [-0.4, -0.2) is 18.4 Å². The molecule has 0 spiro atoms. The fraction of sp³-hybridized carbons (Fsp3) is 0.391. The van der Waals surface area contributed by atoms with Gasteiger partial charge in [0.05, 0.1) is 5.92 Å². The topological polar surface area (TPSA) is 49.4 Å². The number of para-hydroxylation sites is 2. The molecule has 0 aromatic heterocycles. The van der Waals surface area contributed by atoms with E-state index in [1.165, 1.54) is 11.1 Å². The maximum Gasteiger partial charge on any atom is 0.229 e. The molecule has 2 aromatic carbocycles. The SMILES string of the molecule is CCc1cccc(CC)c1N1C[C@H](C(=O)Nc2c(C)cccc2C)CC1=O. The van der Waals surface area contributed by atoms with Gasteiger partial charge in [-0.1, -0.05) is 50.2 Å². The summed E-state index contributed by atoms with van der Waals surface area (Å²) in [6, 6.07) is 12.2. The minimum atomic E-state index is -0.328. The first kappa shape index (κ1) is 19.2. The van der Waals surface area contributed by atoms with E-state index in [1.807, 2.05) is 43.0 Å². The highest BCUT2D eigenvalue weighted by molar-refractivity contribution is 6.04. The Bertz CT molecular complexity index is 830. The smallest absolute Gasteiger partial charge is 0.229 e. The summed E-state index contributed by atoms with van der Waals surface area (Å²) in [5.41, 5.74) is 6.27. The van der Waals surface area contributed by atoms with E-state index >= 15 is 0 Å². The van der Waals surface area contributed by atoms with Crippen LogP contribution < -0.4 is 10.2 Å². The number of anilines is 2. The van der Waals surface area contributed by atoms with Crippen LogP contribution in [0.2, 0.25) is 0 Å². The number of amides is 2. The highest BCUT2D eigenvalue weighted by atomic mass is 16.2. The third kappa shape index (κ3) is 3.75. The molecule has 27 heavy (non-hydrogen) atoms. The van der Waals surface area contributed by atoms with Crippen molar-refractivity contribution in [2.45, 2.75) is 47.0 Å². The van der Waals surface area contributed by atoms with Gasteiger partial charge in [0.15, 0.2) is 0 Å². The van der Waals surface area contributed by atoms with Gasteiger partial charge in [0.1, 0.15) is 0 Å². The zero-order chi connectivity index (χ0) is 19.6. The molecule has 1 N–H and O–H groups in total. The molecule has 1 aliphatic rings. The van der Waals surface area contributed by atoms with Crippen molar-refractivity contribution in [2.24, 2.45) is 5.92 Å². The van der Waals surface area contributed by atoms with Crippen LogP contribution in [0, 0.1) is 19.8 Å². The first-order valence-electron chi connectivity index (χ1n) is 9.74. The van der Waals surface area contributed by atoms with Crippen LogP contribution >= 0.6 is 0 Å². The first-order chi connectivity index (χ1) is 13.0. The zero-order valence-electron chi connectivity index (χ0n) is 16.6. The Hall–Kier alpha value is -2.62. The third-order valence-corrected chi connectivity index (χ3v) is 5.46. The van der Waals surface area contributed by atoms with E-state index in [0.29, 0.717) is 6.54 Å². The largest absolute Gasteiger partial charge is 0.325 e. The lowest BCUT2D eigenvalue weighted by atomic mass is 10.0. The molecule has 1 fully saturated rings. The van der Waals surface area contributed by atoms with Crippen molar-refractivity contribution in [3.05, 3.63) is 58.7 Å². The monoisotopic (exact) mass is 364 g/mol. The summed E-state index contributed by atoms with van der Waals surface area (Å²) in [6.07, 6.45) is 2.00.